The Hall–Kier alpha value is -1.31. The lowest BCUT2D eigenvalue weighted by atomic mass is 9.86. The van der Waals surface area contributed by atoms with E-state index in [1.54, 1.807) is 0 Å². The van der Waals surface area contributed by atoms with E-state index in [1.807, 2.05) is 24.4 Å². The van der Waals surface area contributed by atoms with Gasteiger partial charge in [0, 0.05) is 23.7 Å². The Labute approximate surface area is 97.1 Å². The molecule has 2 aliphatic rings. The zero-order valence-electron chi connectivity index (χ0n) is 9.56. The summed E-state index contributed by atoms with van der Waals surface area (Å²) >= 11 is 0. The van der Waals surface area contributed by atoms with Crippen LogP contribution < -0.4 is 5.32 Å². The molecular weight excluding hydrogens is 198 g/mol. The van der Waals surface area contributed by atoms with Gasteiger partial charge in [-0.2, -0.15) is 0 Å². The zero-order valence-corrected chi connectivity index (χ0v) is 9.56. The lowest BCUT2D eigenvalue weighted by Gasteiger charge is -2.23. The smallest absolute Gasteiger partial charge is 0.123 e. The van der Waals surface area contributed by atoms with Crippen molar-refractivity contribution >= 4 is 6.29 Å². The second-order valence-electron chi connectivity index (χ2n) is 4.55. The van der Waals surface area contributed by atoms with Crippen LogP contribution in [0.2, 0.25) is 0 Å². The number of hydrogen-bond acceptors (Lipinski definition) is 2. The number of carbonyl (C=O) groups is 1. The van der Waals surface area contributed by atoms with Gasteiger partial charge >= 0.3 is 0 Å². The summed E-state index contributed by atoms with van der Waals surface area (Å²) in [6.07, 6.45) is 17.1. The standard InChI is InChI=1S/C14H19NO/c16-11-12-7-3-1-4-8-13(12)14-9-5-2-6-10-15-14/h2,5-6,9-13,15H,1,3-4,7-8H2. The van der Waals surface area contributed by atoms with Crippen LogP contribution >= 0.6 is 0 Å². The minimum absolute atomic E-state index is 0.196. The van der Waals surface area contributed by atoms with E-state index in [2.05, 4.69) is 11.4 Å². The maximum Gasteiger partial charge on any atom is 0.123 e. The largest absolute Gasteiger partial charge is 0.365 e. The van der Waals surface area contributed by atoms with Crippen molar-refractivity contribution in [3.05, 3.63) is 36.2 Å². The van der Waals surface area contributed by atoms with E-state index in [0.717, 1.165) is 19.1 Å². The van der Waals surface area contributed by atoms with E-state index in [0.29, 0.717) is 5.92 Å². The fraction of sp³-hybridized carbons (Fsp3) is 0.500. The molecule has 1 N–H and O–H groups in total. The molecule has 1 aliphatic heterocycles. The molecule has 0 amide bonds. The average molecular weight is 217 g/mol. The topological polar surface area (TPSA) is 29.1 Å². The Morgan fingerprint density at radius 3 is 2.88 bits per heavy atom. The SMILES string of the molecule is O=CC1CCCCCC1C1=CC=CC=CN1. The highest BCUT2D eigenvalue weighted by Gasteiger charge is 2.26. The molecule has 1 fully saturated rings. The molecule has 0 aromatic carbocycles. The molecule has 2 heteroatoms. The normalized spacial score (nSPS) is 29.9. The van der Waals surface area contributed by atoms with E-state index >= 15 is 0 Å². The Bertz CT molecular complexity index is 328. The predicted octanol–water partition coefficient (Wildman–Crippen LogP) is 2.94. The van der Waals surface area contributed by atoms with Gasteiger partial charge in [-0.1, -0.05) is 31.4 Å². The van der Waals surface area contributed by atoms with E-state index < -0.39 is 0 Å². The Morgan fingerprint density at radius 2 is 2.00 bits per heavy atom. The Kier molecular flexibility index (Phi) is 3.97. The molecule has 1 saturated carbocycles. The van der Waals surface area contributed by atoms with Crippen molar-refractivity contribution in [3.8, 4) is 0 Å². The fourth-order valence-corrected chi connectivity index (χ4v) is 2.59. The third-order valence-corrected chi connectivity index (χ3v) is 3.49. The van der Waals surface area contributed by atoms with Crippen molar-refractivity contribution in [2.75, 3.05) is 0 Å². The molecule has 0 aromatic rings. The molecule has 0 bridgehead atoms. The van der Waals surface area contributed by atoms with E-state index in [1.165, 1.54) is 25.0 Å². The Balaban J connectivity index is 2.15. The van der Waals surface area contributed by atoms with Gasteiger partial charge in [0.1, 0.15) is 6.29 Å². The third kappa shape index (κ3) is 2.63. The lowest BCUT2D eigenvalue weighted by Crippen LogP contribution is -2.23. The monoisotopic (exact) mass is 217 g/mol. The summed E-state index contributed by atoms with van der Waals surface area (Å²) < 4.78 is 0. The van der Waals surface area contributed by atoms with Crippen molar-refractivity contribution < 1.29 is 4.79 Å². The van der Waals surface area contributed by atoms with Crippen LogP contribution in [0.4, 0.5) is 0 Å². The summed E-state index contributed by atoms with van der Waals surface area (Å²) in [6.45, 7) is 0. The molecule has 1 aliphatic carbocycles. The van der Waals surface area contributed by atoms with Crippen molar-refractivity contribution in [2.45, 2.75) is 32.1 Å². The molecule has 2 unspecified atom stereocenters. The van der Waals surface area contributed by atoms with Gasteiger partial charge in [-0.3, -0.25) is 0 Å². The van der Waals surface area contributed by atoms with Crippen molar-refractivity contribution in [1.29, 1.82) is 0 Å². The molecular formula is C14H19NO. The first-order valence-corrected chi connectivity index (χ1v) is 6.17. The van der Waals surface area contributed by atoms with Crippen LogP contribution in [0.15, 0.2) is 36.2 Å². The van der Waals surface area contributed by atoms with Crippen LogP contribution in [-0.4, -0.2) is 6.29 Å². The van der Waals surface area contributed by atoms with E-state index in [-0.39, 0.29) is 5.92 Å². The molecule has 0 saturated heterocycles. The maximum absolute atomic E-state index is 11.2. The second-order valence-corrected chi connectivity index (χ2v) is 4.55. The van der Waals surface area contributed by atoms with Crippen LogP contribution in [0.3, 0.4) is 0 Å². The van der Waals surface area contributed by atoms with Gasteiger partial charge in [0.2, 0.25) is 0 Å². The molecule has 86 valence electrons. The molecule has 0 radical (unpaired) electrons. The lowest BCUT2D eigenvalue weighted by molar-refractivity contribution is -0.112. The zero-order chi connectivity index (χ0) is 11.2. The minimum Gasteiger partial charge on any atom is -0.365 e. The van der Waals surface area contributed by atoms with E-state index in [4.69, 9.17) is 0 Å². The third-order valence-electron chi connectivity index (χ3n) is 3.49. The van der Waals surface area contributed by atoms with Gasteiger partial charge in [-0.15, -0.1) is 0 Å². The number of aldehydes is 1. The van der Waals surface area contributed by atoms with E-state index in [9.17, 15) is 4.79 Å². The highest BCUT2D eigenvalue weighted by molar-refractivity contribution is 5.55. The number of rotatable bonds is 2. The number of carbonyl (C=O) groups excluding carboxylic acids is 1. The summed E-state index contributed by atoms with van der Waals surface area (Å²) in [4.78, 5) is 11.2. The first-order valence-electron chi connectivity index (χ1n) is 6.17. The van der Waals surface area contributed by atoms with Crippen LogP contribution in [0.1, 0.15) is 32.1 Å². The van der Waals surface area contributed by atoms with Crippen molar-refractivity contribution in [1.82, 2.24) is 5.32 Å². The first kappa shape index (κ1) is 11.2. The van der Waals surface area contributed by atoms with Gasteiger partial charge in [-0.25, -0.2) is 0 Å². The van der Waals surface area contributed by atoms with Crippen LogP contribution in [0, 0.1) is 11.8 Å². The molecule has 0 spiro atoms. The van der Waals surface area contributed by atoms with Crippen LogP contribution in [0.25, 0.3) is 0 Å². The van der Waals surface area contributed by atoms with Gasteiger partial charge in [0.15, 0.2) is 0 Å². The molecule has 2 atom stereocenters. The quantitative estimate of drug-likeness (QED) is 0.569. The number of nitrogens with one attached hydrogen (secondary N) is 1. The molecule has 16 heavy (non-hydrogen) atoms. The van der Waals surface area contributed by atoms with Gasteiger partial charge in [0.25, 0.3) is 0 Å². The fourth-order valence-electron chi connectivity index (χ4n) is 2.59. The first-order chi connectivity index (χ1) is 7.92. The van der Waals surface area contributed by atoms with Crippen LogP contribution in [0.5, 0.6) is 0 Å². The summed E-state index contributed by atoms with van der Waals surface area (Å²) in [5.41, 5.74) is 1.20. The maximum atomic E-state index is 11.2. The van der Waals surface area contributed by atoms with Gasteiger partial charge in [-0.05, 0) is 25.0 Å². The highest BCUT2D eigenvalue weighted by atomic mass is 16.1. The number of hydrogen-bond donors (Lipinski definition) is 1. The van der Waals surface area contributed by atoms with Crippen molar-refractivity contribution in [3.63, 3.8) is 0 Å². The summed E-state index contributed by atoms with van der Waals surface area (Å²) in [7, 11) is 0. The summed E-state index contributed by atoms with van der Waals surface area (Å²) in [5, 5.41) is 3.30. The molecule has 2 rings (SSSR count). The Morgan fingerprint density at radius 1 is 1.12 bits per heavy atom. The summed E-state index contributed by atoms with van der Waals surface area (Å²) in [6, 6.07) is 0. The molecule has 2 nitrogen and oxygen atoms in total. The van der Waals surface area contributed by atoms with Gasteiger partial charge in [0.05, 0.1) is 0 Å². The number of allylic oxidation sites excluding steroid dienone is 5. The summed E-state index contributed by atoms with van der Waals surface area (Å²) in [5.74, 6) is 0.577. The highest BCUT2D eigenvalue weighted by Crippen LogP contribution is 2.32. The molecule has 0 aromatic heterocycles. The minimum atomic E-state index is 0.196. The van der Waals surface area contributed by atoms with Crippen molar-refractivity contribution in [2.24, 2.45) is 11.8 Å². The van der Waals surface area contributed by atoms with Crippen LogP contribution in [-0.2, 0) is 4.79 Å². The second kappa shape index (κ2) is 5.69. The molecule has 1 heterocycles. The average Bonchev–Trinajstić information content (AvgIpc) is 2.70. The predicted molar refractivity (Wildman–Crippen MR) is 65.6 cm³/mol. The van der Waals surface area contributed by atoms with Gasteiger partial charge < -0.3 is 10.1 Å².